The van der Waals surface area contributed by atoms with Crippen LogP contribution in [0.3, 0.4) is 0 Å². The number of rotatable bonds is 5. The lowest BCUT2D eigenvalue weighted by Crippen LogP contribution is -2.49. The van der Waals surface area contributed by atoms with Crippen LogP contribution in [0.25, 0.3) is 0 Å². The average Bonchev–Trinajstić information content (AvgIpc) is 2.87. The van der Waals surface area contributed by atoms with Gasteiger partial charge in [-0.3, -0.25) is 9.69 Å². The van der Waals surface area contributed by atoms with Crippen molar-refractivity contribution in [1.29, 1.82) is 0 Å². The fourth-order valence-corrected chi connectivity index (χ4v) is 5.39. The van der Waals surface area contributed by atoms with Crippen LogP contribution in [0.15, 0.2) is 48.5 Å². The van der Waals surface area contributed by atoms with Gasteiger partial charge < -0.3 is 14.5 Å². The molecule has 2 aromatic rings. The van der Waals surface area contributed by atoms with Crippen molar-refractivity contribution < 1.29 is 9.53 Å². The minimum atomic E-state index is 0.0944. The molecule has 0 unspecified atom stereocenters. The zero-order valence-corrected chi connectivity index (χ0v) is 23.2. The summed E-state index contributed by atoms with van der Waals surface area (Å²) in [5.41, 5.74) is 3.74. The predicted octanol–water partition coefficient (Wildman–Crippen LogP) is 5.84. The van der Waals surface area contributed by atoms with Crippen LogP contribution in [0, 0.1) is 5.92 Å². The summed E-state index contributed by atoms with van der Waals surface area (Å²) >= 11 is 0. The van der Waals surface area contributed by atoms with E-state index in [0.717, 1.165) is 57.2 Å². The van der Waals surface area contributed by atoms with Crippen molar-refractivity contribution in [3.05, 3.63) is 59.7 Å². The van der Waals surface area contributed by atoms with Crippen molar-refractivity contribution in [3.63, 3.8) is 0 Å². The first kappa shape index (κ1) is 26.5. The number of nitrogens with zero attached hydrogens (tertiary/aromatic N) is 3. The summed E-state index contributed by atoms with van der Waals surface area (Å²) in [4.78, 5) is 20.1. The molecule has 5 heteroatoms. The third-order valence-electron chi connectivity index (χ3n) is 7.77. The maximum atomic E-state index is 13.2. The number of hydrogen-bond acceptors (Lipinski definition) is 4. The SMILES string of the molecule is CC(C)(C)c1ccccc1N1CCN(C(=O)c2ccc(OCC3CCN(C(C)(C)C)CC3)cc2)CC1. The van der Waals surface area contributed by atoms with Gasteiger partial charge in [0.1, 0.15) is 5.75 Å². The van der Waals surface area contributed by atoms with Gasteiger partial charge in [0.2, 0.25) is 0 Å². The summed E-state index contributed by atoms with van der Waals surface area (Å²) in [5.74, 6) is 1.57. The van der Waals surface area contributed by atoms with E-state index in [9.17, 15) is 4.79 Å². The molecule has 0 N–H and O–H groups in total. The van der Waals surface area contributed by atoms with Crippen molar-refractivity contribution in [1.82, 2.24) is 9.80 Å². The Morgan fingerprint density at radius 3 is 2.03 bits per heavy atom. The molecule has 2 saturated heterocycles. The van der Waals surface area contributed by atoms with Crippen LogP contribution in [0.4, 0.5) is 5.69 Å². The molecule has 2 fully saturated rings. The number of piperazine rings is 1. The lowest BCUT2D eigenvalue weighted by atomic mass is 9.85. The number of para-hydroxylation sites is 1. The Labute approximate surface area is 218 Å². The first-order chi connectivity index (χ1) is 17.0. The van der Waals surface area contributed by atoms with Gasteiger partial charge in [-0.25, -0.2) is 0 Å². The van der Waals surface area contributed by atoms with Gasteiger partial charge in [0.15, 0.2) is 0 Å². The number of piperidine rings is 1. The van der Waals surface area contributed by atoms with Crippen LogP contribution in [-0.2, 0) is 5.41 Å². The number of ether oxygens (including phenoxy) is 1. The van der Waals surface area contributed by atoms with Crippen LogP contribution in [0.5, 0.6) is 5.75 Å². The summed E-state index contributed by atoms with van der Waals surface area (Å²) in [6.45, 7) is 19.9. The van der Waals surface area contributed by atoms with Gasteiger partial charge in [0.25, 0.3) is 5.91 Å². The van der Waals surface area contributed by atoms with Gasteiger partial charge in [-0.15, -0.1) is 0 Å². The molecular weight excluding hydrogens is 446 g/mol. The highest BCUT2D eigenvalue weighted by Crippen LogP contribution is 2.32. The van der Waals surface area contributed by atoms with Crippen molar-refractivity contribution in [2.75, 3.05) is 50.8 Å². The minimum Gasteiger partial charge on any atom is -0.493 e. The van der Waals surface area contributed by atoms with E-state index < -0.39 is 0 Å². The second-order valence-corrected chi connectivity index (χ2v) is 12.5. The number of benzene rings is 2. The van der Waals surface area contributed by atoms with E-state index in [4.69, 9.17) is 4.74 Å². The Kier molecular flexibility index (Phi) is 7.99. The molecule has 2 aliphatic heterocycles. The largest absolute Gasteiger partial charge is 0.493 e. The molecule has 0 saturated carbocycles. The molecule has 4 rings (SSSR count). The highest BCUT2D eigenvalue weighted by Gasteiger charge is 2.28. The van der Waals surface area contributed by atoms with Crippen molar-refractivity contribution in [2.24, 2.45) is 5.92 Å². The number of carbonyl (C=O) groups excluding carboxylic acids is 1. The summed E-state index contributed by atoms with van der Waals surface area (Å²) in [7, 11) is 0. The number of likely N-dealkylation sites (tertiary alicyclic amines) is 1. The Morgan fingerprint density at radius 2 is 1.44 bits per heavy atom. The lowest BCUT2D eigenvalue weighted by Gasteiger charge is -2.40. The number of carbonyl (C=O) groups is 1. The molecule has 0 atom stereocenters. The van der Waals surface area contributed by atoms with Crippen molar-refractivity contribution in [3.8, 4) is 5.75 Å². The first-order valence-corrected chi connectivity index (χ1v) is 13.6. The van der Waals surface area contributed by atoms with E-state index in [-0.39, 0.29) is 16.9 Å². The van der Waals surface area contributed by atoms with E-state index >= 15 is 0 Å². The molecule has 0 aromatic heterocycles. The zero-order chi connectivity index (χ0) is 25.9. The Bertz CT molecular complexity index is 1000. The molecule has 0 aliphatic carbocycles. The van der Waals surface area contributed by atoms with E-state index in [2.05, 4.69) is 75.6 Å². The van der Waals surface area contributed by atoms with Gasteiger partial charge in [0, 0.05) is 43.0 Å². The molecule has 2 aromatic carbocycles. The normalized spacial score (nSPS) is 18.4. The van der Waals surface area contributed by atoms with Crippen LogP contribution >= 0.6 is 0 Å². The first-order valence-electron chi connectivity index (χ1n) is 13.6. The number of anilines is 1. The molecule has 1 amide bonds. The molecule has 196 valence electrons. The van der Waals surface area contributed by atoms with Crippen LogP contribution in [0.1, 0.15) is 70.3 Å². The molecule has 5 nitrogen and oxygen atoms in total. The van der Waals surface area contributed by atoms with E-state index in [0.29, 0.717) is 5.92 Å². The van der Waals surface area contributed by atoms with E-state index in [1.54, 1.807) is 0 Å². The Hall–Kier alpha value is -2.53. The van der Waals surface area contributed by atoms with E-state index in [1.165, 1.54) is 24.1 Å². The Morgan fingerprint density at radius 1 is 0.833 bits per heavy atom. The van der Waals surface area contributed by atoms with Crippen LogP contribution < -0.4 is 9.64 Å². The zero-order valence-electron chi connectivity index (χ0n) is 23.2. The summed E-state index contributed by atoms with van der Waals surface area (Å²) in [5, 5.41) is 0. The maximum Gasteiger partial charge on any atom is 0.253 e. The number of amides is 1. The third kappa shape index (κ3) is 6.42. The second-order valence-electron chi connectivity index (χ2n) is 12.5. The van der Waals surface area contributed by atoms with Crippen molar-refractivity contribution in [2.45, 2.75) is 65.3 Å². The van der Waals surface area contributed by atoms with Crippen molar-refractivity contribution >= 4 is 11.6 Å². The topological polar surface area (TPSA) is 36.0 Å². The molecule has 36 heavy (non-hydrogen) atoms. The van der Waals surface area contributed by atoms with Gasteiger partial charge in [-0.05, 0) is 93.9 Å². The standard InChI is InChI=1S/C31H45N3O2/c1-30(2,3)27-9-7-8-10-28(27)32-19-21-33(22-20-32)29(35)25-11-13-26(14-12-25)36-23-24-15-17-34(18-16-24)31(4,5)6/h7-14,24H,15-23H2,1-6H3. The van der Waals surface area contributed by atoms with Gasteiger partial charge in [0.05, 0.1) is 6.61 Å². The fraction of sp³-hybridized carbons (Fsp3) is 0.581. The number of hydrogen-bond donors (Lipinski definition) is 0. The molecule has 2 aliphatic rings. The van der Waals surface area contributed by atoms with Gasteiger partial charge in [-0.1, -0.05) is 39.0 Å². The molecular formula is C31H45N3O2. The summed E-state index contributed by atoms with van der Waals surface area (Å²) < 4.78 is 6.10. The summed E-state index contributed by atoms with van der Waals surface area (Å²) in [6, 6.07) is 16.4. The van der Waals surface area contributed by atoms with Crippen LogP contribution in [-0.4, -0.2) is 67.1 Å². The molecule has 2 heterocycles. The average molecular weight is 492 g/mol. The summed E-state index contributed by atoms with van der Waals surface area (Å²) in [6.07, 6.45) is 2.36. The highest BCUT2D eigenvalue weighted by molar-refractivity contribution is 5.94. The molecule has 0 bridgehead atoms. The molecule has 0 radical (unpaired) electrons. The maximum absolute atomic E-state index is 13.2. The minimum absolute atomic E-state index is 0.0944. The predicted molar refractivity (Wildman–Crippen MR) is 149 cm³/mol. The fourth-order valence-electron chi connectivity index (χ4n) is 5.39. The lowest BCUT2D eigenvalue weighted by molar-refractivity contribution is 0.0719. The second kappa shape index (κ2) is 10.8. The van der Waals surface area contributed by atoms with Gasteiger partial charge in [-0.2, -0.15) is 0 Å². The quantitative estimate of drug-likeness (QED) is 0.527. The smallest absolute Gasteiger partial charge is 0.253 e. The highest BCUT2D eigenvalue weighted by atomic mass is 16.5. The third-order valence-corrected chi connectivity index (χ3v) is 7.77. The van der Waals surface area contributed by atoms with E-state index in [1.807, 2.05) is 29.2 Å². The monoisotopic (exact) mass is 491 g/mol. The van der Waals surface area contributed by atoms with Crippen LogP contribution in [0.2, 0.25) is 0 Å². The van der Waals surface area contributed by atoms with Gasteiger partial charge >= 0.3 is 0 Å². The molecule has 0 spiro atoms. The Balaban J connectivity index is 1.27.